The lowest BCUT2D eigenvalue weighted by Gasteiger charge is -2.33. The summed E-state index contributed by atoms with van der Waals surface area (Å²) >= 11 is 0. The normalized spacial score (nSPS) is 19.4. The van der Waals surface area contributed by atoms with E-state index in [4.69, 9.17) is 0 Å². The third-order valence-corrected chi connectivity index (χ3v) is 3.47. The zero-order chi connectivity index (χ0) is 13.3. The molecule has 19 heavy (non-hydrogen) atoms. The molecule has 108 valence electrons. The van der Waals surface area contributed by atoms with Gasteiger partial charge in [-0.3, -0.25) is 9.48 Å². The van der Waals surface area contributed by atoms with Gasteiger partial charge in [0.2, 0.25) is 0 Å². The van der Waals surface area contributed by atoms with Gasteiger partial charge in [-0.1, -0.05) is 13.8 Å². The average molecular weight is 287 g/mol. The number of hydrogen-bond acceptors (Lipinski definition) is 3. The number of halogens is 1. The predicted octanol–water partition coefficient (Wildman–Crippen LogP) is 1.40. The number of hydrogen-bond donors (Lipinski definition) is 1. The first kappa shape index (κ1) is 16.0. The Morgan fingerprint density at radius 3 is 2.74 bits per heavy atom. The zero-order valence-electron chi connectivity index (χ0n) is 12.0. The molecular weight excluding hydrogens is 264 g/mol. The summed E-state index contributed by atoms with van der Waals surface area (Å²) in [6, 6.07) is 2.16. The van der Waals surface area contributed by atoms with Crippen molar-refractivity contribution < 1.29 is 4.79 Å². The van der Waals surface area contributed by atoms with Crippen LogP contribution in [0, 0.1) is 0 Å². The van der Waals surface area contributed by atoms with E-state index in [1.54, 1.807) is 4.68 Å². The topological polar surface area (TPSA) is 50.2 Å². The Hall–Kier alpha value is -1.07. The minimum Gasteiger partial charge on any atom is -0.332 e. The molecule has 1 aliphatic heterocycles. The third-order valence-electron chi connectivity index (χ3n) is 3.47. The largest absolute Gasteiger partial charge is 0.332 e. The molecule has 1 aliphatic rings. The summed E-state index contributed by atoms with van der Waals surface area (Å²) in [6.45, 7) is 8.74. The molecule has 0 bridgehead atoms. The molecular formula is C13H23ClN4O. The zero-order valence-corrected chi connectivity index (χ0v) is 12.8. The van der Waals surface area contributed by atoms with E-state index in [0.717, 1.165) is 25.3 Å². The molecule has 1 aromatic rings. The molecule has 6 heteroatoms. The maximum atomic E-state index is 12.5. The second-order valence-corrected chi connectivity index (χ2v) is 5.28. The van der Waals surface area contributed by atoms with Gasteiger partial charge in [-0.25, -0.2) is 0 Å². The van der Waals surface area contributed by atoms with Gasteiger partial charge in [0.1, 0.15) is 5.69 Å². The summed E-state index contributed by atoms with van der Waals surface area (Å²) in [5.74, 6) is 0.434. The number of nitrogens with one attached hydrogen (secondary N) is 1. The fourth-order valence-corrected chi connectivity index (χ4v) is 2.26. The number of carbonyl (C=O) groups is 1. The lowest BCUT2D eigenvalue weighted by molar-refractivity contribution is 0.0644. The predicted molar refractivity (Wildman–Crippen MR) is 77.9 cm³/mol. The van der Waals surface area contributed by atoms with Gasteiger partial charge in [0.25, 0.3) is 5.91 Å². The number of carbonyl (C=O) groups excluding carboxylic acids is 1. The summed E-state index contributed by atoms with van der Waals surface area (Å²) in [6.07, 6.45) is 0. The number of rotatable bonds is 2. The number of aromatic nitrogens is 2. The number of piperazine rings is 1. The lowest BCUT2D eigenvalue weighted by Crippen LogP contribution is -2.52. The van der Waals surface area contributed by atoms with Crippen LogP contribution in [0.4, 0.5) is 0 Å². The Kier molecular flexibility index (Phi) is 5.38. The minimum absolute atomic E-state index is 0. The highest BCUT2D eigenvalue weighted by Gasteiger charge is 2.26. The molecule has 2 heterocycles. The Morgan fingerprint density at radius 2 is 2.21 bits per heavy atom. The average Bonchev–Trinajstić information content (AvgIpc) is 2.71. The van der Waals surface area contributed by atoms with Crippen LogP contribution in [0.2, 0.25) is 0 Å². The molecule has 1 N–H and O–H groups in total. The Bertz CT molecular complexity index is 444. The van der Waals surface area contributed by atoms with Gasteiger partial charge in [0.05, 0.1) is 5.69 Å². The van der Waals surface area contributed by atoms with Crippen molar-refractivity contribution in [1.82, 2.24) is 20.0 Å². The van der Waals surface area contributed by atoms with E-state index in [1.165, 1.54) is 0 Å². The van der Waals surface area contributed by atoms with Crippen molar-refractivity contribution in [3.63, 3.8) is 0 Å². The van der Waals surface area contributed by atoms with E-state index in [1.807, 2.05) is 18.0 Å². The number of aryl methyl sites for hydroxylation is 1. The lowest BCUT2D eigenvalue weighted by atomic mass is 10.1. The van der Waals surface area contributed by atoms with Gasteiger partial charge in [-0.2, -0.15) is 5.10 Å². The monoisotopic (exact) mass is 286 g/mol. The summed E-state index contributed by atoms with van der Waals surface area (Å²) < 4.78 is 1.70. The molecule has 5 nitrogen and oxygen atoms in total. The first-order chi connectivity index (χ1) is 8.50. The van der Waals surface area contributed by atoms with Crippen LogP contribution in [0.25, 0.3) is 0 Å². The van der Waals surface area contributed by atoms with Crippen LogP contribution in [-0.4, -0.2) is 46.3 Å². The standard InChI is InChI=1S/C13H22N4O.ClH/c1-9(2)11-7-12(16(4)15-11)13(18)17-6-5-14-8-10(17)3;/h7,9-10,14H,5-6,8H2,1-4H3;1H/t10-;/m0./s1. The van der Waals surface area contributed by atoms with Crippen molar-refractivity contribution in [1.29, 1.82) is 0 Å². The highest BCUT2D eigenvalue weighted by atomic mass is 35.5. The van der Waals surface area contributed by atoms with Gasteiger partial charge < -0.3 is 10.2 Å². The fourth-order valence-electron chi connectivity index (χ4n) is 2.26. The quantitative estimate of drug-likeness (QED) is 0.894. The summed E-state index contributed by atoms with van der Waals surface area (Å²) in [7, 11) is 1.84. The molecule has 1 saturated heterocycles. The Labute approximate surface area is 120 Å². The summed E-state index contributed by atoms with van der Waals surface area (Å²) in [4.78, 5) is 14.4. The molecule has 1 aromatic heterocycles. The second-order valence-electron chi connectivity index (χ2n) is 5.28. The molecule has 0 aromatic carbocycles. The number of nitrogens with zero attached hydrogens (tertiary/aromatic N) is 3. The molecule has 1 fully saturated rings. The van der Waals surface area contributed by atoms with Crippen molar-refractivity contribution in [3.05, 3.63) is 17.5 Å². The van der Waals surface area contributed by atoms with Crippen molar-refractivity contribution in [3.8, 4) is 0 Å². The first-order valence-corrected chi connectivity index (χ1v) is 6.56. The van der Waals surface area contributed by atoms with E-state index in [9.17, 15) is 4.79 Å². The van der Waals surface area contributed by atoms with E-state index in [-0.39, 0.29) is 24.4 Å². The first-order valence-electron chi connectivity index (χ1n) is 6.56. The van der Waals surface area contributed by atoms with E-state index in [2.05, 4.69) is 31.2 Å². The fraction of sp³-hybridized carbons (Fsp3) is 0.692. The second kappa shape index (κ2) is 6.39. The van der Waals surface area contributed by atoms with Gasteiger partial charge in [0.15, 0.2) is 0 Å². The third kappa shape index (κ3) is 3.28. The van der Waals surface area contributed by atoms with Gasteiger partial charge in [-0.15, -0.1) is 12.4 Å². The highest BCUT2D eigenvalue weighted by molar-refractivity contribution is 5.93. The maximum absolute atomic E-state index is 12.5. The Morgan fingerprint density at radius 1 is 1.53 bits per heavy atom. The molecule has 0 spiro atoms. The van der Waals surface area contributed by atoms with Gasteiger partial charge >= 0.3 is 0 Å². The van der Waals surface area contributed by atoms with Crippen molar-refractivity contribution in [2.45, 2.75) is 32.7 Å². The number of amides is 1. The van der Waals surface area contributed by atoms with Crippen molar-refractivity contribution >= 4 is 18.3 Å². The van der Waals surface area contributed by atoms with E-state index >= 15 is 0 Å². The van der Waals surface area contributed by atoms with Crippen molar-refractivity contribution in [2.24, 2.45) is 7.05 Å². The van der Waals surface area contributed by atoms with Gasteiger partial charge in [0, 0.05) is 32.7 Å². The molecule has 0 saturated carbocycles. The van der Waals surface area contributed by atoms with Crippen LogP contribution in [-0.2, 0) is 7.05 Å². The molecule has 1 atom stereocenters. The maximum Gasteiger partial charge on any atom is 0.272 e. The van der Waals surface area contributed by atoms with Crippen molar-refractivity contribution in [2.75, 3.05) is 19.6 Å². The highest BCUT2D eigenvalue weighted by Crippen LogP contribution is 2.16. The van der Waals surface area contributed by atoms with Crippen LogP contribution in [0.1, 0.15) is 42.9 Å². The summed E-state index contributed by atoms with van der Waals surface area (Å²) in [5.41, 5.74) is 1.66. The minimum atomic E-state index is 0. The molecule has 0 aliphatic carbocycles. The van der Waals surface area contributed by atoms with Crippen LogP contribution >= 0.6 is 12.4 Å². The molecule has 1 amide bonds. The van der Waals surface area contributed by atoms with Crippen LogP contribution < -0.4 is 5.32 Å². The Balaban J connectivity index is 0.00000180. The SMILES string of the molecule is CC(C)c1cc(C(=O)N2CCNC[C@@H]2C)n(C)n1.Cl. The van der Waals surface area contributed by atoms with Crippen LogP contribution in [0.15, 0.2) is 6.07 Å². The van der Waals surface area contributed by atoms with Crippen LogP contribution in [0.3, 0.4) is 0 Å². The molecule has 0 radical (unpaired) electrons. The van der Waals surface area contributed by atoms with E-state index in [0.29, 0.717) is 11.6 Å². The van der Waals surface area contributed by atoms with Crippen LogP contribution in [0.5, 0.6) is 0 Å². The van der Waals surface area contributed by atoms with E-state index < -0.39 is 0 Å². The summed E-state index contributed by atoms with van der Waals surface area (Å²) in [5, 5.41) is 7.70. The molecule has 2 rings (SSSR count). The van der Waals surface area contributed by atoms with Gasteiger partial charge in [-0.05, 0) is 18.9 Å². The molecule has 0 unspecified atom stereocenters. The smallest absolute Gasteiger partial charge is 0.272 e.